The molecule has 0 radical (unpaired) electrons. The van der Waals surface area contributed by atoms with Crippen molar-refractivity contribution in [1.82, 2.24) is 20.0 Å². The van der Waals surface area contributed by atoms with Crippen LogP contribution in [-0.4, -0.2) is 51.9 Å². The normalized spacial score (nSPS) is 17.4. The topological polar surface area (TPSA) is 102 Å². The number of hydrogen-bond donors (Lipinski definition) is 2. The lowest BCUT2D eigenvalue weighted by Crippen LogP contribution is -2.64. The summed E-state index contributed by atoms with van der Waals surface area (Å²) in [6, 6.07) is 3.87. The van der Waals surface area contributed by atoms with Gasteiger partial charge in [0.2, 0.25) is 0 Å². The highest BCUT2D eigenvalue weighted by Crippen LogP contribution is 2.38. The van der Waals surface area contributed by atoms with E-state index in [0.717, 1.165) is 0 Å². The zero-order valence-electron chi connectivity index (χ0n) is 17.0. The minimum Gasteiger partial charge on any atom is -0.376 e. The molecule has 30 heavy (non-hydrogen) atoms. The third-order valence-electron chi connectivity index (χ3n) is 5.21. The molecule has 2 aliphatic heterocycles. The van der Waals surface area contributed by atoms with E-state index >= 15 is 0 Å². The van der Waals surface area contributed by atoms with E-state index in [4.69, 9.17) is 22.1 Å². The van der Waals surface area contributed by atoms with Crippen molar-refractivity contribution in [3.05, 3.63) is 40.3 Å². The van der Waals surface area contributed by atoms with Crippen LogP contribution in [0.25, 0.3) is 11.3 Å². The number of primary amides is 1. The molecule has 1 fully saturated rings. The number of ether oxygens (including phenoxy) is 1. The molecule has 160 valence electrons. The lowest BCUT2D eigenvalue weighted by Gasteiger charge is -2.48. The molecule has 10 heteroatoms. The zero-order valence-corrected chi connectivity index (χ0v) is 17.7. The first-order valence-corrected chi connectivity index (χ1v) is 9.91. The molecule has 0 atom stereocenters. The second kappa shape index (κ2) is 6.95. The van der Waals surface area contributed by atoms with Crippen LogP contribution in [-0.2, 0) is 16.8 Å². The van der Waals surface area contributed by atoms with Crippen molar-refractivity contribution in [2.24, 2.45) is 5.73 Å². The van der Waals surface area contributed by atoms with E-state index in [9.17, 15) is 14.0 Å². The predicted molar refractivity (Wildman–Crippen MR) is 109 cm³/mol. The highest BCUT2D eigenvalue weighted by molar-refractivity contribution is 6.31. The van der Waals surface area contributed by atoms with Crippen LogP contribution in [0.2, 0.25) is 5.02 Å². The minimum absolute atomic E-state index is 0.0817. The number of amides is 3. The number of aromatic nitrogens is 2. The molecular formula is C20H23ClFN5O3. The van der Waals surface area contributed by atoms with E-state index in [-0.39, 0.29) is 23.2 Å². The Morgan fingerprint density at radius 1 is 1.33 bits per heavy atom. The standard InChI is InChI=1S/C20H23ClFN5O3/c1-19(2,3)24-18(29)26-7-14-15(17(23)28)16(11-4-5-13(22)12(21)6-11)25-27(14)20(8-26)9-30-10-20/h4-6H,7-10H2,1-3H3,(H2,23,28)(H,24,29). The molecule has 3 heterocycles. The molecule has 8 nitrogen and oxygen atoms in total. The third-order valence-corrected chi connectivity index (χ3v) is 5.50. The van der Waals surface area contributed by atoms with Crippen LogP contribution in [0.4, 0.5) is 9.18 Å². The molecule has 0 aliphatic carbocycles. The molecule has 2 aliphatic rings. The summed E-state index contributed by atoms with van der Waals surface area (Å²) in [6.45, 7) is 6.92. The molecule has 1 spiro atoms. The number of carbonyl (C=O) groups is 2. The number of nitrogens with two attached hydrogens (primary N) is 1. The third kappa shape index (κ3) is 3.41. The number of halogens is 2. The Balaban J connectivity index is 1.82. The fraction of sp³-hybridized carbons (Fsp3) is 0.450. The fourth-order valence-corrected chi connectivity index (χ4v) is 4.03. The second-order valence-corrected chi connectivity index (χ2v) is 9.24. The molecule has 3 N–H and O–H groups in total. The van der Waals surface area contributed by atoms with Crippen molar-refractivity contribution in [3.63, 3.8) is 0 Å². The second-order valence-electron chi connectivity index (χ2n) is 8.83. The van der Waals surface area contributed by atoms with Crippen molar-refractivity contribution >= 4 is 23.5 Å². The van der Waals surface area contributed by atoms with E-state index in [0.29, 0.717) is 36.7 Å². The summed E-state index contributed by atoms with van der Waals surface area (Å²) in [5.41, 5.74) is 6.20. The lowest BCUT2D eigenvalue weighted by molar-refractivity contribution is -0.126. The molecule has 0 bridgehead atoms. The van der Waals surface area contributed by atoms with Gasteiger partial charge in [0.1, 0.15) is 17.1 Å². The lowest BCUT2D eigenvalue weighted by atomic mass is 9.93. The van der Waals surface area contributed by atoms with Crippen molar-refractivity contribution in [1.29, 1.82) is 0 Å². The summed E-state index contributed by atoms with van der Waals surface area (Å²) in [4.78, 5) is 26.9. The summed E-state index contributed by atoms with van der Waals surface area (Å²) in [5, 5.41) is 7.52. The predicted octanol–water partition coefficient (Wildman–Crippen LogP) is 2.49. The molecule has 1 saturated heterocycles. The molecular weight excluding hydrogens is 413 g/mol. The van der Waals surface area contributed by atoms with Gasteiger partial charge in [0, 0.05) is 11.1 Å². The van der Waals surface area contributed by atoms with Gasteiger partial charge in [-0.05, 0) is 39.0 Å². The molecule has 1 aromatic heterocycles. The number of fused-ring (bicyclic) bond motifs is 2. The Hall–Kier alpha value is -2.65. The van der Waals surface area contributed by atoms with E-state index in [1.165, 1.54) is 18.2 Å². The quantitative estimate of drug-likeness (QED) is 0.756. The molecule has 1 aromatic carbocycles. The Morgan fingerprint density at radius 2 is 2.03 bits per heavy atom. The van der Waals surface area contributed by atoms with Crippen LogP contribution in [0.3, 0.4) is 0 Å². The summed E-state index contributed by atoms with van der Waals surface area (Å²) >= 11 is 5.94. The average Bonchev–Trinajstić information content (AvgIpc) is 3.00. The van der Waals surface area contributed by atoms with E-state index in [1.807, 2.05) is 20.8 Å². The van der Waals surface area contributed by atoms with E-state index in [2.05, 4.69) is 10.4 Å². The number of nitrogens with zero attached hydrogens (tertiary/aromatic N) is 3. The number of carbonyl (C=O) groups excluding carboxylic acids is 2. The first-order valence-electron chi connectivity index (χ1n) is 9.53. The van der Waals surface area contributed by atoms with Crippen molar-refractivity contribution in [2.45, 2.75) is 38.4 Å². The van der Waals surface area contributed by atoms with E-state index in [1.54, 1.807) is 9.58 Å². The number of nitrogens with one attached hydrogen (secondary N) is 1. The van der Waals surface area contributed by atoms with Gasteiger partial charge in [0.25, 0.3) is 5.91 Å². The average molecular weight is 436 g/mol. The van der Waals surface area contributed by atoms with E-state index < -0.39 is 22.8 Å². The maximum Gasteiger partial charge on any atom is 0.318 e. The largest absolute Gasteiger partial charge is 0.376 e. The van der Waals surface area contributed by atoms with Crippen LogP contribution in [0.15, 0.2) is 18.2 Å². The summed E-state index contributed by atoms with van der Waals surface area (Å²) in [6.07, 6.45) is 0. The van der Waals surface area contributed by atoms with Crippen molar-refractivity contribution in [2.75, 3.05) is 19.8 Å². The molecule has 2 aromatic rings. The van der Waals surface area contributed by atoms with Crippen LogP contribution in [0.5, 0.6) is 0 Å². The number of hydrogen-bond acceptors (Lipinski definition) is 4. The Kier molecular flexibility index (Phi) is 4.78. The monoisotopic (exact) mass is 435 g/mol. The first kappa shape index (κ1) is 20.6. The highest BCUT2D eigenvalue weighted by Gasteiger charge is 2.50. The Labute approximate surface area is 178 Å². The number of urea groups is 1. The van der Waals surface area contributed by atoms with Crippen molar-refractivity contribution in [3.8, 4) is 11.3 Å². The summed E-state index contributed by atoms with van der Waals surface area (Å²) in [5.74, 6) is -1.25. The fourth-order valence-electron chi connectivity index (χ4n) is 3.85. The number of rotatable bonds is 2. The zero-order chi connectivity index (χ0) is 21.8. The van der Waals surface area contributed by atoms with Gasteiger partial charge in [-0.2, -0.15) is 5.10 Å². The van der Waals surface area contributed by atoms with Gasteiger partial charge < -0.3 is 20.7 Å². The van der Waals surface area contributed by atoms with Crippen LogP contribution in [0.1, 0.15) is 36.8 Å². The van der Waals surface area contributed by atoms with Crippen LogP contribution in [0, 0.1) is 5.82 Å². The molecule has 0 unspecified atom stereocenters. The van der Waals surface area contributed by atoms with Gasteiger partial charge in [-0.25, -0.2) is 9.18 Å². The smallest absolute Gasteiger partial charge is 0.318 e. The first-order chi connectivity index (χ1) is 14.0. The molecule has 3 amide bonds. The van der Waals surface area contributed by atoms with Gasteiger partial charge in [-0.1, -0.05) is 11.6 Å². The van der Waals surface area contributed by atoms with Gasteiger partial charge in [0.15, 0.2) is 0 Å². The van der Waals surface area contributed by atoms with Crippen LogP contribution < -0.4 is 11.1 Å². The van der Waals surface area contributed by atoms with Crippen LogP contribution >= 0.6 is 11.6 Å². The molecule has 0 saturated carbocycles. The minimum atomic E-state index is -0.680. The maximum absolute atomic E-state index is 13.6. The van der Waals surface area contributed by atoms with Gasteiger partial charge >= 0.3 is 6.03 Å². The Morgan fingerprint density at radius 3 is 2.57 bits per heavy atom. The Bertz CT molecular complexity index is 1040. The summed E-state index contributed by atoms with van der Waals surface area (Å²) in [7, 11) is 0. The van der Waals surface area contributed by atoms with Crippen molar-refractivity contribution < 1.29 is 18.7 Å². The highest BCUT2D eigenvalue weighted by atomic mass is 35.5. The van der Waals surface area contributed by atoms with Gasteiger partial charge in [0.05, 0.1) is 42.6 Å². The van der Waals surface area contributed by atoms with Gasteiger partial charge in [-0.3, -0.25) is 9.48 Å². The van der Waals surface area contributed by atoms with Gasteiger partial charge in [-0.15, -0.1) is 0 Å². The summed E-state index contributed by atoms with van der Waals surface area (Å²) < 4.78 is 20.8. The number of benzene rings is 1. The maximum atomic E-state index is 13.6. The SMILES string of the molecule is CC(C)(C)NC(=O)N1Cc2c(C(N)=O)c(-c3ccc(F)c(Cl)c3)nn2C2(COC2)C1. The molecule has 4 rings (SSSR count).